The molecule has 1 atom stereocenters. The molecule has 0 bridgehead atoms. The summed E-state index contributed by atoms with van der Waals surface area (Å²) in [5.41, 5.74) is 0. The Kier molecular flexibility index (Phi) is 12.6. The zero-order valence-electron chi connectivity index (χ0n) is 12.8. The van der Waals surface area contributed by atoms with Gasteiger partial charge in [0.25, 0.3) is 0 Å². The van der Waals surface area contributed by atoms with E-state index in [0.29, 0.717) is 6.61 Å². The van der Waals surface area contributed by atoms with Gasteiger partial charge in [-0.1, -0.05) is 45.1 Å². The lowest BCUT2D eigenvalue weighted by molar-refractivity contribution is -0.137. The predicted molar refractivity (Wildman–Crippen MR) is 80.9 cm³/mol. The van der Waals surface area contributed by atoms with Crippen LogP contribution in [0, 0.1) is 0 Å². The summed E-state index contributed by atoms with van der Waals surface area (Å²) >= 11 is 0. The van der Waals surface area contributed by atoms with Gasteiger partial charge in [-0.2, -0.15) is 0 Å². The van der Waals surface area contributed by atoms with Crippen molar-refractivity contribution in [3.63, 3.8) is 0 Å². The average Bonchev–Trinajstić information content (AvgIpc) is 2.48. The molecule has 0 amide bonds. The molecule has 0 fully saturated rings. The van der Waals surface area contributed by atoms with E-state index in [2.05, 4.69) is 11.1 Å². The van der Waals surface area contributed by atoms with Gasteiger partial charge in [-0.15, -0.1) is 0 Å². The molecule has 124 valence electrons. The Hall–Kier alpha value is -0.680. The second-order valence-electron chi connectivity index (χ2n) is 4.68. The number of ether oxygens (including phenoxy) is 1. The summed E-state index contributed by atoms with van der Waals surface area (Å²) in [4.78, 5) is 19.8. The molecule has 0 radical (unpaired) electrons. The zero-order valence-corrected chi connectivity index (χ0v) is 13.7. The van der Waals surface area contributed by atoms with Crippen LogP contribution < -0.4 is 0 Å². The number of rotatable bonds is 14. The molecular weight excluding hydrogens is 295 g/mol. The molecule has 0 saturated carbocycles. The highest BCUT2D eigenvalue weighted by atomic mass is 31.2. The summed E-state index contributed by atoms with van der Waals surface area (Å²) < 4.78 is 24.9. The van der Waals surface area contributed by atoms with E-state index in [0.717, 1.165) is 58.5 Å². The maximum Gasteiger partial charge on any atom is 0.471 e. The van der Waals surface area contributed by atoms with Gasteiger partial charge in [0.15, 0.2) is 0 Å². The lowest BCUT2D eigenvalue weighted by Crippen LogP contribution is -2.01. The van der Waals surface area contributed by atoms with Gasteiger partial charge in [0, 0.05) is 13.2 Å². The van der Waals surface area contributed by atoms with E-state index in [4.69, 9.17) is 14.2 Å². The standard InChI is InChI=1S/C14H27O6P/c1-3-14(15)19-12-10-8-6-4-5-7-9-11-13-20-21(16,17)18-2/h3H,1,4-13H2,2H3,(H,16,17). The Bertz CT molecular complexity index is 331. The average molecular weight is 322 g/mol. The van der Waals surface area contributed by atoms with Gasteiger partial charge >= 0.3 is 13.8 Å². The van der Waals surface area contributed by atoms with E-state index < -0.39 is 7.82 Å². The number of carbonyl (C=O) groups is 1. The summed E-state index contributed by atoms with van der Waals surface area (Å²) in [5.74, 6) is -0.363. The molecule has 0 aliphatic heterocycles. The van der Waals surface area contributed by atoms with Crippen LogP contribution in [0.4, 0.5) is 0 Å². The van der Waals surface area contributed by atoms with Gasteiger partial charge in [0.05, 0.1) is 13.2 Å². The molecule has 0 aromatic rings. The summed E-state index contributed by atoms with van der Waals surface area (Å²) in [5, 5.41) is 0. The number of hydrogen-bond acceptors (Lipinski definition) is 5. The molecule has 6 nitrogen and oxygen atoms in total. The maximum absolute atomic E-state index is 11.0. The molecular formula is C14H27O6P. The van der Waals surface area contributed by atoms with E-state index in [-0.39, 0.29) is 12.6 Å². The molecule has 21 heavy (non-hydrogen) atoms. The second kappa shape index (κ2) is 13.0. The van der Waals surface area contributed by atoms with Crippen LogP contribution in [-0.4, -0.2) is 31.2 Å². The molecule has 0 aliphatic carbocycles. The van der Waals surface area contributed by atoms with Crippen molar-refractivity contribution >= 4 is 13.8 Å². The van der Waals surface area contributed by atoms with Crippen molar-refractivity contribution in [3.05, 3.63) is 12.7 Å². The molecule has 0 rings (SSSR count). The topological polar surface area (TPSA) is 82.1 Å². The summed E-state index contributed by atoms with van der Waals surface area (Å²) in [6.07, 6.45) is 9.32. The van der Waals surface area contributed by atoms with Crippen molar-refractivity contribution < 1.29 is 28.0 Å². The molecule has 0 aromatic carbocycles. The quantitative estimate of drug-likeness (QED) is 0.228. The maximum atomic E-state index is 11.0. The molecule has 7 heteroatoms. The summed E-state index contributed by atoms with van der Waals surface area (Å²) in [6, 6.07) is 0. The SMILES string of the molecule is C=CC(=O)OCCCCCCCCCCOP(=O)(O)OC. The lowest BCUT2D eigenvalue weighted by Gasteiger charge is -2.08. The van der Waals surface area contributed by atoms with Crippen LogP contribution >= 0.6 is 7.82 Å². The van der Waals surface area contributed by atoms with Gasteiger partial charge in [0.1, 0.15) is 0 Å². The fourth-order valence-corrected chi connectivity index (χ4v) is 2.19. The smallest absolute Gasteiger partial charge is 0.463 e. The first kappa shape index (κ1) is 20.3. The van der Waals surface area contributed by atoms with Gasteiger partial charge < -0.3 is 9.63 Å². The van der Waals surface area contributed by atoms with E-state index in [1.807, 2.05) is 0 Å². The number of phosphoric ester groups is 1. The minimum atomic E-state index is -3.80. The fraction of sp³-hybridized carbons (Fsp3) is 0.786. The fourth-order valence-electron chi connectivity index (χ4n) is 1.73. The number of hydrogen-bond donors (Lipinski definition) is 1. The van der Waals surface area contributed by atoms with Crippen LogP contribution in [0.1, 0.15) is 51.4 Å². The van der Waals surface area contributed by atoms with Crippen molar-refractivity contribution in [2.45, 2.75) is 51.4 Å². The van der Waals surface area contributed by atoms with Crippen LogP contribution in [-0.2, 0) is 23.1 Å². The number of carbonyl (C=O) groups excluding carboxylic acids is 1. The van der Waals surface area contributed by atoms with E-state index in [1.165, 1.54) is 6.08 Å². The molecule has 1 unspecified atom stereocenters. The van der Waals surface area contributed by atoms with Crippen LogP contribution in [0.3, 0.4) is 0 Å². The first-order chi connectivity index (χ1) is 10.0. The van der Waals surface area contributed by atoms with Gasteiger partial charge in [-0.25, -0.2) is 9.36 Å². The van der Waals surface area contributed by atoms with Crippen molar-refractivity contribution in [3.8, 4) is 0 Å². The Morgan fingerprint density at radius 1 is 1.05 bits per heavy atom. The zero-order chi connectivity index (χ0) is 16.0. The Labute approximate surface area is 127 Å². The summed E-state index contributed by atoms with van der Waals surface area (Å²) in [6.45, 7) is 4.04. The van der Waals surface area contributed by atoms with Crippen LogP contribution in [0.25, 0.3) is 0 Å². The van der Waals surface area contributed by atoms with Crippen molar-refractivity contribution in [2.75, 3.05) is 20.3 Å². The van der Waals surface area contributed by atoms with Crippen molar-refractivity contribution in [1.29, 1.82) is 0 Å². The Morgan fingerprint density at radius 2 is 1.52 bits per heavy atom. The highest BCUT2D eigenvalue weighted by Crippen LogP contribution is 2.41. The highest BCUT2D eigenvalue weighted by molar-refractivity contribution is 7.47. The Morgan fingerprint density at radius 3 is 2.00 bits per heavy atom. The largest absolute Gasteiger partial charge is 0.471 e. The van der Waals surface area contributed by atoms with E-state index in [1.54, 1.807) is 0 Å². The van der Waals surface area contributed by atoms with Crippen molar-refractivity contribution in [2.24, 2.45) is 0 Å². The van der Waals surface area contributed by atoms with Gasteiger partial charge in [-0.3, -0.25) is 9.05 Å². The van der Waals surface area contributed by atoms with Crippen molar-refractivity contribution in [1.82, 2.24) is 0 Å². The third-order valence-corrected chi connectivity index (χ3v) is 3.91. The second-order valence-corrected chi connectivity index (χ2v) is 6.24. The van der Waals surface area contributed by atoms with Crippen LogP contribution in [0.5, 0.6) is 0 Å². The van der Waals surface area contributed by atoms with E-state index in [9.17, 15) is 9.36 Å². The number of phosphoric acid groups is 1. The first-order valence-corrected chi connectivity index (χ1v) is 8.83. The molecule has 0 spiro atoms. The lowest BCUT2D eigenvalue weighted by atomic mass is 10.1. The number of unbranched alkanes of at least 4 members (excludes halogenated alkanes) is 7. The minimum Gasteiger partial charge on any atom is -0.463 e. The first-order valence-electron chi connectivity index (χ1n) is 7.34. The number of esters is 1. The predicted octanol–water partition coefficient (Wildman–Crippen LogP) is 3.60. The third kappa shape index (κ3) is 14.0. The normalized spacial score (nSPS) is 13.6. The monoisotopic (exact) mass is 322 g/mol. The molecule has 0 heterocycles. The molecule has 0 saturated heterocycles. The van der Waals surface area contributed by atoms with Crippen LogP contribution in [0.2, 0.25) is 0 Å². The minimum absolute atomic E-state index is 0.246. The van der Waals surface area contributed by atoms with Gasteiger partial charge in [0.2, 0.25) is 0 Å². The summed E-state index contributed by atoms with van der Waals surface area (Å²) in [7, 11) is -2.65. The molecule has 0 aliphatic rings. The molecule has 1 N–H and O–H groups in total. The third-order valence-electron chi connectivity index (χ3n) is 2.93. The van der Waals surface area contributed by atoms with E-state index >= 15 is 0 Å². The van der Waals surface area contributed by atoms with Crippen LogP contribution in [0.15, 0.2) is 12.7 Å². The Balaban J connectivity index is 3.18. The molecule has 0 aromatic heterocycles. The highest BCUT2D eigenvalue weighted by Gasteiger charge is 2.17. The van der Waals surface area contributed by atoms with Gasteiger partial charge in [-0.05, 0) is 12.8 Å².